The Kier molecular flexibility index (Phi) is 4.95. The predicted octanol–water partition coefficient (Wildman–Crippen LogP) is 3.07. The van der Waals surface area contributed by atoms with E-state index in [-0.39, 0.29) is 0 Å². The summed E-state index contributed by atoms with van der Waals surface area (Å²) in [5, 5.41) is 0. The van der Waals surface area contributed by atoms with Crippen LogP contribution in [0.15, 0.2) is 30.0 Å². The van der Waals surface area contributed by atoms with Crippen molar-refractivity contribution >= 4 is 0 Å². The molecule has 50 valence electrons. The Balaban J connectivity index is 3.54. The summed E-state index contributed by atoms with van der Waals surface area (Å²) in [4.78, 5) is 0. The van der Waals surface area contributed by atoms with Gasteiger partial charge in [0.1, 0.15) is 0 Å². The summed E-state index contributed by atoms with van der Waals surface area (Å²) < 4.78 is 0. The average molecular weight is 122 g/mol. The van der Waals surface area contributed by atoms with Crippen LogP contribution in [0.1, 0.15) is 26.7 Å². The molecule has 0 saturated carbocycles. The Bertz CT molecular complexity index is 134. The van der Waals surface area contributed by atoms with Gasteiger partial charge in [-0.3, -0.25) is 0 Å². The first kappa shape index (κ1) is 8.26. The first-order valence-corrected chi connectivity index (χ1v) is 3.33. The van der Waals surface area contributed by atoms with E-state index in [1.54, 1.807) is 0 Å². The Morgan fingerprint density at radius 1 is 1.67 bits per heavy atom. The molecule has 0 atom stereocenters. The van der Waals surface area contributed by atoms with Gasteiger partial charge in [-0.1, -0.05) is 25.5 Å². The molecule has 0 aromatic heterocycles. The van der Waals surface area contributed by atoms with E-state index in [1.807, 2.05) is 19.1 Å². The zero-order chi connectivity index (χ0) is 7.11. The molecule has 0 rings (SSSR count). The van der Waals surface area contributed by atoms with Crippen molar-refractivity contribution in [3.8, 4) is 0 Å². The minimum absolute atomic E-state index is 1.06. The van der Waals surface area contributed by atoms with Crippen LogP contribution in [0.25, 0.3) is 0 Å². The van der Waals surface area contributed by atoms with Crippen LogP contribution >= 0.6 is 0 Å². The second-order valence-corrected chi connectivity index (χ2v) is 2.15. The van der Waals surface area contributed by atoms with Crippen LogP contribution in [-0.2, 0) is 0 Å². The van der Waals surface area contributed by atoms with Gasteiger partial charge < -0.3 is 0 Å². The zero-order valence-corrected chi connectivity index (χ0v) is 6.28. The third-order valence-corrected chi connectivity index (χ3v) is 0.881. The molecular formula is C9H14. The fraction of sp³-hybridized carbons (Fsp3) is 0.444. The van der Waals surface area contributed by atoms with Crippen LogP contribution < -0.4 is 0 Å². The lowest BCUT2D eigenvalue weighted by atomic mass is 10.3. The molecular weight excluding hydrogens is 108 g/mol. The van der Waals surface area contributed by atoms with Crippen molar-refractivity contribution in [1.82, 2.24) is 0 Å². The smallest absolute Gasteiger partial charge is 0.0180 e. The molecule has 0 nitrogen and oxygen atoms in total. The van der Waals surface area contributed by atoms with Gasteiger partial charge >= 0.3 is 0 Å². The maximum atomic E-state index is 3.71. The molecule has 0 N–H and O–H groups in total. The van der Waals surface area contributed by atoms with Crippen molar-refractivity contribution in [2.75, 3.05) is 0 Å². The standard InChI is InChI=1S/C9H14/c1-4-5-6-7-8-9(2)3/h6,8H,2,4-5H2,1,3H3. The fourth-order valence-electron chi connectivity index (χ4n) is 0.429. The molecule has 0 heterocycles. The summed E-state index contributed by atoms with van der Waals surface area (Å²) in [6.45, 7) is 7.83. The van der Waals surface area contributed by atoms with Gasteiger partial charge in [0.2, 0.25) is 0 Å². The molecule has 0 aromatic carbocycles. The first-order valence-electron chi connectivity index (χ1n) is 3.33. The van der Waals surface area contributed by atoms with Crippen LogP contribution in [0.5, 0.6) is 0 Å². The van der Waals surface area contributed by atoms with Gasteiger partial charge in [0.05, 0.1) is 0 Å². The van der Waals surface area contributed by atoms with Crippen LogP contribution in [0, 0.1) is 0 Å². The minimum Gasteiger partial charge on any atom is -0.125 e. The third kappa shape index (κ3) is 7.26. The molecule has 0 saturated heterocycles. The molecule has 9 heavy (non-hydrogen) atoms. The van der Waals surface area contributed by atoms with Crippen LogP contribution in [-0.4, -0.2) is 0 Å². The molecule has 0 aliphatic rings. The SMILES string of the molecule is C=C(C)C=C=CCCC. The van der Waals surface area contributed by atoms with Crippen molar-refractivity contribution < 1.29 is 0 Å². The Morgan fingerprint density at radius 3 is 2.78 bits per heavy atom. The quantitative estimate of drug-likeness (QED) is 0.398. The second-order valence-electron chi connectivity index (χ2n) is 2.15. The normalized spacial score (nSPS) is 7.78. The number of hydrogen-bond acceptors (Lipinski definition) is 0. The highest BCUT2D eigenvalue weighted by Crippen LogP contribution is 1.89. The molecule has 0 radical (unpaired) electrons. The Hall–Kier alpha value is -0.740. The van der Waals surface area contributed by atoms with E-state index in [0.717, 1.165) is 12.0 Å². The van der Waals surface area contributed by atoms with Gasteiger partial charge in [0.25, 0.3) is 0 Å². The highest BCUT2D eigenvalue weighted by molar-refractivity contribution is 5.10. The van der Waals surface area contributed by atoms with E-state index in [1.165, 1.54) is 6.42 Å². The number of rotatable bonds is 3. The van der Waals surface area contributed by atoms with E-state index in [9.17, 15) is 0 Å². The molecule has 0 aliphatic heterocycles. The highest BCUT2D eigenvalue weighted by atomic mass is 13.7. The molecule has 0 unspecified atom stereocenters. The van der Waals surface area contributed by atoms with Crippen molar-refractivity contribution in [3.63, 3.8) is 0 Å². The molecule has 0 fully saturated rings. The summed E-state index contributed by atoms with van der Waals surface area (Å²) in [5.41, 5.74) is 4.09. The van der Waals surface area contributed by atoms with E-state index in [0.29, 0.717) is 0 Å². The van der Waals surface area contributed by atoms with E-state index >= 15 is 0 Å². The highest BCUT2D eigenvalue weighted by Gasteiger charge is 1.69. The van der Waals surface area contributed by atoms with Gasteiger partial charge in [-0.05, 0) is 25.5 Å². The molecule has 0 aliphatic carbocycles. The number of allylic oxidation sites excluding steroid dienone is 2. The van der Waals surface area contributed by atoms with Crippen LogP contribution in [0.2, 0.25) is 0 Å². The molecule has 0 spiro atoms. The van der Waals surface area contributed by atoms with Crippen molar-refractivity contribution in [1.29, 1.82) is 0 Å². The van der Waals surface area contributed by atoms with Gasteiger partial charge in [0, 0.05) is 0 Å². The minimum atomic E-state index is 1.06. The van der Waals surface area contributed by atoms with E-state index in [2.05, 4.69) is 19.2 Å². The predicted molar refractivity (Wildman–Crippen MR) is 42.4 cm³/mol. The van der Waals surface area contributed by atoms with Crippen LogP contribution in [0.3, 0.4) is 0 Å². The zero-order valence-electron chi connectivity index (χ0n) is 6.28. The fourth-order valence-corrected chi connectivity index (χ4v) is 0.429. The maximum absolute atomic E-state index is 3.71. The largest absolute Gasteiger partial charge is 0.125 e. The molecule has 0 heteroatoms. The summed E-state index contributed by atoms with van der Waals surface area (Å²) in [6, 6.07) is 0. The molecule has 0 aromatic rings. The monoisotopic (exact) mass is 122 g/mol. The number of unbranched alkanes of at least 4 members (excludes halogenated alkanes) is 1. The van der Waals surface area contributed by atoms with Crippen molar-refractivity contribution in [2.24, 2.45) is 0 Å². The lowest BCUT2D eigenvalue weighted by molar-refractivity contribution is 0.960. The summed E-state index contributed by atoms with van der Waals surface area (Å²) in [5.74, 6) is 0. The van der Waals surface area contributed by atoms with Gasteiger partial charge in [-0.15, -0.1) is 5.73 Å². The van der Waals surface area contributed by atoms with Crippen LogP contribution in [0.4, 0.5) is 0 Å². The molecule has 0 amide bonds. The summed E-state index contributed by atoms with van der Waals surface area (Å²) in [6.07, 6.45) is 6.24. The van der Waals surface area contributed by atoms with Gasteiger partial charge in [-0.2, -0.15) is 0 Å². The summed E-state index contributed by atoms with van der Waals surface area (Å²) in [7, 11) is 0. The average Bonchev–Trinajstić information content (AvgIpc) is 1.80. The third-order valence-electron chi connectivity index (χ3n) is 0.881. The second kappa shape index (κ2) is 5.40. The Morgan fingerprint density at radius 2 is 2.33 bits per heavy atom. The van der Waals surface area contributed by atoms with E-state index in [4.69, 9.17) is 0 Å². The van der Waals surface area contributed by atoms with Gasteiger partial charge in [-0.25, -0.2) is 0 Å². The Labute approximate surface area is 57.6 Å². The van der Waals surface area contributed by atoms with Crippen molar-refractivity contribution in [2.45, 2.75) is 26.7 Å². The summed E-state index contributed by atoms with van der Waals surface area (Å²) >= 11 is 0. The number of hydrogen-bond donors (Lipinski definition) is 0. The topological polar surface area (TPSA) is 0 Å². The first-order chi connectivity index (χ1) is 4.27. The molecule has 0 bridgehead atoms. The maximum Gasteiger partial charge on any atom is -0.0180 e. The lowest BCUT2D eigenvalue weighted by Gasteiger charge is -1.78. The van der Waals surface area contributed by atoms with Crippen molar-refractivity contribution in [3.05, 3.63) is 30.0 Å². The van der Waals surface area contributed by atoms with Gasteiger partial charge in [0.15, 0.2) is 0 Å². The lowest BCUT2D eigenvalue weighted by Crippen LogP contribution is -1.58. The van der Waals surface area contributed by atoms with E-state index < -0.39 is 0 Å².